The Balaban J connectivity index is 1.80. The molecule has 0 radical (unpaired) electrons. The van der Waals surface area contributed by atoms with Crippen LogP contribution in [0.1, 0.15) is 17.0 Å². The summed E-state index contributed by atoms with van der Waals surface area (Å²) in [5.74, 6) is 1.20. The smallest absolute Gasteiger partial charge is 0.214 e. The topological polar surface area (TPSA) is 47.9 Å². The van der Waals surface area contributed by atoms with Gasteiger partial charge in [0, 0.05) is 17.5 Å². The van der Waals surface area contributed by atoms with Gasteiger partial charge in [0.15, 0.2) is 5.82 Å². The Morgan fingerprint density at radius 3 is 2.27 bits per heavy atom. The Hall–Kier alpha value is -2.75. The highest BCUT2D eigenvalue weighted by Crippen LogP contribution is 2.18. The van der Waals surface area contributed by atoms with E-state index in [0.717, 1.165) is 22.6 Å². The Bertz CT molecular complexity index is 752. The quantitative estimate of drug-likeness (QED) is 0.734. The van der Waals surface area contributed by atoms with Crippen LogP contribution in [0.15, 0.2) is 54.6 Å². The molecule has 4 nitrogen and oxygen atoms in total. The largest absolute Gasteiger partial charge is 0.473 e. The second-order valence-electron chi connectivity index (χ2n) is 5.11. The van der Waals surface area contributed by atoms with Gasteiger partial charge in [-0.3, -0.25) is 0 Å². The van der Waals surface area contributed by atoms with Gasteiger partial charge in [0.1, 0.15) is 12.3 Å². The molecule has 0 aliphatic carbocycles. The van der Waals surface area contributed by atoms with Crippen LogP contribution in [-0.2, 0) is 6.61 Å². The van der Waals surface area contributed by atoms with Crippen molar-refractivity contribution in [1.29, 1.82) is 0 Å². The lowest BCUT2D eigenvalue weighted by Crippen LogP contribution is -2.00. The molecule has 2 heterocycles. The van der Waals surface area contributed by atoms with Crippen molar-refractivity contribution in [3.05, 3.63) is 71.5 Å². The first-order chi connectivity index (χ1) is 10.7. The molecule has 110 valence electrons. The molecule has 0 amide bonds. The van der Waals surface area contributed by atoms with Gasteiger partial charge in [0.2, 0.25) is 5.88 Å². The van der Waals surface area contributed by atoms with Crippen LogP contribution in [0.4, 0.5) is 0 Å². The summed E-state index contributed by atoms with van der Waals surface area (Å²) in [6.45, 7) is 4.40. The number of ether oxygens (including phenoxy) is 1. The summed E-state index contributed by atoms with van der Waals surface area (Å²) < 4.78 is 5.75. The maximum atomic E-state index is 5.75. The zero-order chi connectivity index (χ0) is 15.4. The van der Waals surface area contributed by atoms with Crippen LogP contribution < -0.4 is 4.74 Å². The van der Waals surface area contributed by atoms with Gasteiger partial charge >= 0.3 is 0 Å². The average molecular weight is 291 g/mol. The molecule has 0 aliphatic heterocycles. The van der Waals surface area contributed by atoms with Crippen molar-refractivity contribution >= 4 is 0 Å². The molecule has 0 saturated carbocycles. The minimum absolute atomic E-state index is 0.491. The highest BCUT2D eigenvalue weighted by Gasteiger charge is 2.06. The minimum Gasteiger partial charge on any atom is -0.473 e. The van der Waals surface area contributed by atoms with Crippen molar-refractivity contribution in [1.82, 2.24) is 15.0 Å². The molecule has 3 aromatic rings. The van der Waals surface area contributed by atoms with Gasteiger partial charge in [-0.05, 0) is 31.5 Å². The van der Waals surface area contributed by atoms with Crippen molar-refractivity contribution in [3.8, 4) is 17.4 Å². The van der Waals surface area contributed by atoms with Crippen LogP contribution in [0.5, 0.6) is 5.88 Å². The highest BCUT2D eigenvalue weighted by atomic mass is 16.5. The van der Waals surface area contributed by atoms with Gasteiger partial charge in [-0.2, -0.15) is 0 Å². The van der Waals surface area contributed by atoms with E-state index in [1.54, 1.807) is 0 Å². The molecule has 0 N–H and O–H groups in total. The number of nitrogens with zero attached hydrogens (tertiary/aromatic N) is 3. The van der Waals surface area contributed by atoms with Crippen LogP contribution in [0.3, 0.4) is 0 Å². The molecule has 2 aromatic heterocycles. The number of benzene rings is 1. The monoisotopic (exact) mass is 291 g/mol. The predicted molar refractivity (Wildman–Crippen MR) is 85.5 cm³/mol. The zero-order valence-electron chi connectivity index (χ0n) is 12.7. The third-order valence-corrected chi connectivity index (χ3v) is 3.16. The maximum Gasteiger partial charge on any atom is 0.214 e. The Morgan fingerprint density at radius 2 is 1.55 bits per heavy atom. The lowest BCUT2D eigenvalue weighted by molar-refractivity contribution is 0.294. The number of aryl methyl sites for hydroxylation is 2. The van der Waals surface area contributed by atoms with Gasteiger partial charge in [-0.15, -0.1) is 0 Å². The minimum atomic E-state index is 0.491. The third kappa shape index (κ3) is 3.47. The van der Waals surface area contributed by atoms with Crippen LogP contribution in [-0.4, -0.2) is 15.0 Å². The van der Waals surface area contributed by atoms with E-state index in [9.17, 15) is 0 Å². The summed E-state index contributed by atoms with van der Waals surface area (Å²) in [6, 6.07) is 17.6. The van der Waals surface area contributed by atoms with Gasteiger partial charge in [-0.25, -0.2) is 15.0 Å². The van der Waals surface area contributed by atoms with Crippen molar-refractivity contribution in [2.75, 3.05) is 0 Å². The highest BCUT2D eigenvalue weighted by molar-refractivity contribution is 5.50. The molecule has 0 aliphatic rings. The average Bonchev–Trinajstić information content (AvgIpc) is 2.53. The number of aromatic nitrogens is 3. The molecule has 3 rings (SSSR count). The van der Waals surface area contributed by atoms with Crippen LogP contribution in [0.25, 0.3) is 11.5 Å². The maximum absolute atomic E-state index is 5.75. The SMILES string of the molecule is Cc1cc(C)nc(-c2cccc(OCc3ccccc3)n2)n1. The van der Waals surface area contributed by atoms with E-state index in [2.05, 4.69) is 15.0 Å². The van der Waals surface area contributed by atoms with E-state index in [1.165, 1.54) is 0 Å². The molecule has 1 aromatic carbocycles. The normalized spacial score (nSPS) is 10.5. The molecule has 0 unspecified atom stereocenters. The Morgan fingerprint density at radius 1 is 0.818 bits per heavy atom. The van der Waals surface area contributed by atoms with E-state index in [-0.39, 0.29) is 0 Å². The van der Waals surface area contributed by atoms with Gasteiger partial charge in [0.25, 0.3) is 0 Å². The number of hydrogen-bond acceptors (Lipinski definition) is 4. The molecule has 0 fully saturated rings. The van der Waals surface area contributed by atoms with Gasteiger partial charge in [0.05, 0.1) is 0 Å². The Labute approximate surface area is 129 Å². The van der Waals surface area contributed by atoms with Gasteiger partial charge in [-0.1, -0.05) is 36.4 Å². The molecule has 0 spiro atoms. The van der Waals surface area contributed by atoms with E-state index in [0.29, 0.717) is 18.3 Å². The fourth-order valence-electron chi connectivity index (χ4n) is 2.19. The van der Waals surface area contributed by atoms with E-state index < -0.39 is 0 Å². The van der Waals surface area contributed by atoms with E-state index in [4.69, 9.17) is 4.74 Å². The predicted octanol–water partition coefficient (Wildman–Crippen LogP) is 3.73. The first-order valence-electron chi connectivity index (χ1n) is 7.17. The second kappa shape index (κ2) is 6.35. The summed E-state index contributed by atoms with van der Waals surface area (Å²) >= 11 is 0. The standard InChI is InChI=1S/C18H17N3O/c1-13-11-14(2)20-18(19-13)16-9-6-10-17(21-16)22-12-15-7-4-3-5-8-15/h3-11H,12H2,1-2H3. The van der Waals surface area contributed by atoms with E-state index in [1.807, 2.05) is 68.4 Å². The molecular formula is C18H17N3O. The number of pyridine rings is 1. The zero-order valence-corrected chi connectivity index (χ0v) is 12.7. The third-order valence-electron chi connectivity index (χ3n) is 3.16. The fraction of sp³-hybridized carbons (Fsp3) is 0.167. The van der Waals surface area contributed by atoms with Gasteiger partial charge < -0.3 is 4.74 Å². The number of rotatable bonds is 4. The molecule has 0 atom stereocenters. The summed E-state index contributed by atoms with van der Waals surface area (Å²) in [4.78, 5) is 13.4. The molecule has 22 heavy (non-hydrogen) atoms. The number of hydrogen-bond donors (Lipinski definition) is 0. The van der Waals surface area contributed by atoms with Crippen molar-refractivity contribution in [3.63, 3.8) is 0 Å². The molecular weight excluding hydrogens is 274 g/mol. The summed E-state index contributed by atoms with van der Waals surface area (Å²) in [5, 5.41) is 0. The van der Waals surface area contributed by atoms with Crippen LogP contribution in [0.2, 0.25) is 0 Å². The Kier molecular flexibility index (Phi) is 4.10. The summed E-state index contributed by atoms with van der Waals surface area (Å²) in [7, 11) is 0. The first kappa shape index (κ1) is 14.2. The second-order valence-corrected chi connectivity index (χ2v) is 5.11. The summed E-state index contributed by atoms with van der Waals surface area (Å²) in [6.07, 6.45) is 0. The summed E-state index contributed by atoms with van der Waals surface area (Å²) in [5.41, 5.74) is 3.69. The lowest BCUT2D eigenvalue weighted by atomic mass is 10.2. The van der Waals surface area contributed by atoms with E-state index >= 15 is 0 Å². The fourth-order valence-corrected chi connectivity index (χ4v) is 2.19. The molecule has 0 bridgehead atoms. The van der Waals surface area contributed by atoms with Crippen LogP contribution in [0, 0.1) is 13.8 Å². The van der Waals surface area contributed by atoms with Crippen LogP contribution >= 0.6 is 0 Å². The van der Waals surface area contributed by atoms with Crippen molar-refractivity contribution in [2.45, 2.75) is 20.5 Å². The lowest BCUT2D eigenvalue weighted by Gasteiger charge is -2.07. The molecule has 4 heteroatoms. The van der Waals surface area contributed by atoms with Crippen molar-refractivity contribution in [2.24, 2.45) is 0 Å². The first-order valence-corrected chi connectivity index (χ1v) is 7.17. The van der Waals surface area contributed by atoms with Crippen molar-refractivity contribution < 1.29 is 4.74 Å². The molecule has 0 saturated heterocycles.